The van der Waals surface area contributed by atoms with Crippen molar-refractivity contribution in [3.05, 3.63) is 33.1 Å². The number of nitriles is 1. The number of H-pyrrole nitrogens is 1. The molecule has 0 amide bonds. The van der Waals surface area contributed by atoms with Crippen LogP contribution in [0.2, 0.25) is 0 Å². The van der Waals surface area contributed by atoms with Crippen LogP contribution in [-0.4, -0.2) is 77.7 Å². The van der Waals surface area contributed by atoms with Gasteiger partial charge in [0.1, 0.15) is 12.2 Å². The Morgan fingerprint density at radius 2 is 1.83 bits per heavy atom. The molecule has 2 aliphatic rings. The quantitative estimate of drug-likeness (QED) is 0.179. The van der Waals surface area contributed by atoms with Gasteiger partial charge in [-0.25, -0.2) is 9.46 Å². The van der Waals surface area contributed by atoms with Crippen molar-refractivity contribution in [1.29, 1.82) is 5.26 Å². The molecule has 3 rings (SSSR count). The third kappa shape index (κ3) is 8.81. The van der Waals surface area contributed by atoms with Crippen molar-refractivity contribution in [2.75, 3.05) is 33.1 Å². The predicted molar refractivity (Wildman–Crippen MR) is 158 cm³/mol. The van der Waals surface area contributed by atoms with Crippen molar-refractivity contribution in [3.8, 4) is 6.07 Å². The van der Waals surface area contributed by atoms with Crippen LogP contribution in [0.3, 0.4) is 0 Å². The molecule has 1 aromatic rings. The summed E-state index contributed by atoms with van der Waals surface area (Å²) in [7, 11) is -3.49. The highest BCUT2D eigenvalue weighted by Crippen LogP contribution is 2.63. The van der Waals surface area contributed by atoms with E-state index in [4.69, 9.17) is 32.8 Å². The Kier molecular flexibility index (Phi) is 12.9. The SMILES string of the molecule is CCOP(=O)(CC1(C[C@H]2O[C@@H](n3ccc(=O)[nH]c3=O)C(OC)C2OP(OCCC#N)N(C(C)C)C(C)C)CC1)OCC. The molecule has 42 heavy (non-hydrogen) atoms. The lowest BCUT2D eigenvalue weighted by molar-refractivity contribution is -0.0573. The number of nitrogens with zero attached hydrogens (tertiary/aromatic N) is 3. The predicted octanol–water partition coefficient (Wildman–Crippen LogP) is 4.55. The third-order valence-electron chi connectivity index (χ3n) is 7.33. The molecule has 0 spiro atoms. The summed E-state index contributed by atoms with van der Waals surface area (Å²) >= 11 is 0. The number of aromatic amines is 1. The zero-order valence-corrected chi connectivity index (χ0v) is 27.5. The first kappa shape index (κ1) is 35.0. The smallest absolute Gasteiger partial charge is 0.331 e. The van der Waals surface area contributed by atoms with Gasteiger partial charge >= 0.3 is 13.3 Å². The molecule has 0 bridgehead atoms. The molecule has 2 fully saturated rings. The number of aromatic nitrogens is 2. The van der Waals surface area contributed by atoms with Crippen LogP contribution < -0.4 is 11.2 Å². The molecule has 15 heteroatoms. The fourth-order valence-electron chi connectivity index (χ4n) is 5.46. The molecule has 1 saturated heterocycles. The molecule has 3 unspecified atom stereocenters. The summed E-state index contributed by atoms with van der Waals surface area (Å²) in [5.74, 6) is 0. The minimum absolute atomic E-state index is 0.0654. The van der Waals surface area contributed by atoms with Crippen molar-refractivity contribution in [2.24, 2.45) is 5.41 Å². The van der Waals surface area contributed by atoms with Crippen LogP contribution in [0.4, 0.5) is 0 Å². The number of rotatable bonds is 18. The highest BCUT2D eigenvalue weighted by molar-refractivity contribution is 7.53. The van der Waals surface area contributed by atoms with E-state index in [9.17, 15) is 14.2 Å². The Balaban J connectivity index is 2.00. The average Bonchev–Trinajstić information content (AvgIpc) is 3.56. The number of hydrogen-bond acceptors (Lipinski definition) is 11. The van der Waals surface area contributed by atoms with E-state index in [1.807, 2.05) is 27.7 Å². The second kappa shape index (κ2) is 15.5. The summed E-state index contributed by atoms with van der Waals surface area (Å²) in [4.78, 5) is 26.9. The van der Waals surface area contributed by atoms with Gasteiger partial charge in [-0.3, -0.25) is 18.9 Å². The zero-order valence-electron chi connectivity index (χ0n) is 25.7. The Morgan fingerprint density at radius 1 is 1.19 bits per heavy atom. The molecule has 0 aromatic carbocycles. The van der Waals surface area contributed by atoms with E-state index in [0.717, 1.165) is 12.8 Å². The minimum atomic E-state index is -3.33. The van der Waals surface area contributed by atoms with Crippen LogP contribution in [0, 0.1) is 16.7 Å². The van der Waals surface area contributed by atoms with Gasteiger partial charge in [-0.05, 0) is 66.2 Å². The van der Waals surface area contributed by atoms with Crippen molar-refractivity contribution < 1.29 is 32.1 Å². The van der Waals surface area contributed by atoms with Gasteiger partial charge in [-0.2, -0.15) is 5.26 Å². The van der Waals surface area contributed by atoms with Gasteiger partial charge in [0.2, 0.25) is 0 Å². The topological polar surface area (TPSA) is 154 Å². The van der Waals surface area contributed by atoms with Crippen LogP contribution in [0.25, 0.3) is 0 Å². The fourth-order valence-corrected chi connectivity index (χ4v) is 9.54. The standard InChI is InChI=1S/C27H46N4O9P2/c1-8-37-42(34,38-9-2)18-27(12-13-27)17-21-23(40-41(36-16-10-14-28)31(19(3)4)20(5)6)24(35-7)25(39-21)30-15-11-22(32)29-26(30)33/h11,15,19-21,23-25H,8-10,12-13,16-18H2,1-7H3,(H,29,32,33)/t21-,23?,24?,25-,41?/m1/s1. The van der Waals surface area contributed by atoms with Crippen LogP contribution in [0.15, 0.2) is 21.9 Å². The maximum Gasteiger partial charge on any atom is 0.331 e. The second-order valence-corrected chi connectivity index (χ2v) is 14.7. The van der Waals surface area contributed by atoms with Gasteiger partial charge in [0.25, 0.3) is 14.1 Å². The van der Waals surface area contributed by atoms with E-state index in [0.29, 0.717) is 6.42 Å². The largest absolute Gasteiger partial charge is 0.374 e. The molecule has 1 saturated carbocycles. The van der Waals surface area contributed by atoms with Crippen molar-refractivity contribution >= 4 is 16.1 Å². The number of hydrogen-bond donors (Lipinski definition) is 1. The molecular weight excluding hydrogens is 586 g/mol. The van der Waals surface area contributed by atoms with Gasteiger partial charge < -0.3 is 27.6 Å². The maximum absolute atomic E-state index is 13.5. The van der Waals surface area contributed by atoms with E-state index >= 15 is 0 Å². The highest BCUT2D eigenvalue weighted by Gasteiger charge is 2.56. The van der Waals surface area contributed by atoms with Crippen molar-refractivity contribution in [2.45, 2.75) is 104 Å². The zero-order chi connectivity index (χ0) is 31.1. The lowest BCUT2D eigenvalue weighted by Crippen LogP contribution is -2.41. The fraction of sp³-hybridized carbons (Fsp3) is 0.815. The second-order valence-electron chi connectivity index (χ2n) is 11.2. The monoisotopic (exact) mass is 632 g/mol. The molecule has 5 atom stereocenters. The van der Waals surface area contributed by atoms with Crippen LogP contribution in [0.5, 0.6) is 0 Å². The van der Waals surface area contributed by atoms with E-state index in [1.165, 1.54) is 23.9 Å². The molecule has 1 aliphatic heterocycles. The Hall–Kier alpha value is -1.45. The molecule has 238 valence electrons. The minimum Gasteiger partial charge on any atom is -0.374 e. The van der Waals surface area contributed by atoms with Gasteiger partial charge in [0.15, 0.2) is 6.23 Å². The third-order valence-corrected chi connectivity index (χ3v) is 11.8. The van der Waals surface area contributed by atoms with Crippen molar-refractivity contribution in [1.82, 2.24) is 14.2 Å². The molecule has 1 N–H and O–H groups in total. The lowest BCUT2D eigenvalue weighted by Gasteiger charge is -2.38. The summed E-state index contributed by atoms with van der Waals surface area (Å²) in [5, 5.41) is 9.13. The molecule has 1 aliphatic carbocycles. The summed E-state index contributed by atoms with van der Waals surface area (Å²) in [6.45, 7) is 12.5. The number of methoxy groups -OCH3 is 1. The summed E-state index contributed by atoms with van der Waals surface area (Å²) in [5.41, 5.74) is -1.52. The molecule has 13 nitrogen and oxygen atoms in total. The van der Waals surface area contributed by atoms with Crippen molar-refractivity contribution in [3.63, 3.8) is 0 Å². The first-order valence-electron chi connectivity index (χ1n) is 14.6. The van der Waals surface area contributed by atoms with E-state index in [2.05, 4.69) is 15.7 Å². The Bertz CT molecular complexity index is 1190. The van der Waals surface area contributed by atoms with Gasteiger partial charge in [0.05, 0.1) is 44.6 Å². The van der Waals surface area contributed by atoms with E-state index < -0.39 is 51.9 Å². The molecule has 0 radical (unpaired) electrons. The van der Waals surface area contributed by atoms with E-state index in [1.54, 1.807) is 13.8 Å². The molecular formula is C27H46N4O9P2. The first-order chi connectivity index (χ1) is 19.9. The lowest BCUT2D eigenvalue weighted by atomic mass is 9.96. The summed E-state index contributed by atoms with van der Waals surface area (Å²) < 4.78 is 53.5. The Morgan fingerprint density at radius 3 is 2.33 bits per heavy atom. The number of nitrogens with one attached hydrogen (secondary N) is 1. The first-order valence-corrected chi connectivity index (χ1v) is 17.4. The van der Waals surface area contributed by atoms with Crippen LogP contribution in [0.1, 0.15) is 73.5 Å². The summed E-state index contributed by atoms with van der Waals surface area (Å²) in [6.07, 6.45) is 0.977. The summed E-state index contributed by atoms with van der Waals surface area (Å²) in [6, 6.07) is 3.49. The van der Waals surface area contributed by atoms with Crippen LogP contribution >= 0.6 is 16.1 Å². The Labute approximate surface area is 249 Å². The van der Waals surface area contributed by atoms with Crippen LogP contribution in [-0.2, 0) is 32.1 Å². The molecule has 2 heterocycles. The van der Waals surface area contributed by atoms with Gasteiger partial charge in [-0.1, -0.05) is 0 Å². The highest BCUT2D eigenvalue weighted by atomic mass is 31.2. The van der Waals surface area contributed by atoms with Gasteiger partial charge in [0, 0.05) is 31.5 Å². The maximum atomic E-state index is 13.5. The molecule has 1 aromatic heterocycles. The number of ether oxygens (including phenoxy) is 2. The average molecular weight is 633 g/mol. The van der Waals surface area contributed by atoms with Gasteiger partial charge in [-0.15, -0.1) is 0 Å². The normalized spacial score (nSPS) is 24.4. The van der Waals surface area contributed by atoms with E-state index in [-0.39, 0.29) is 49.9 Å².